The molecule has 0 unspecified atom stereocenters. The minimum absolute atomic E-state index is 0.00206. The van der Waals surface area contributed by atoms with Crippen molar-refractivity contribution in [2.75, 3.05) is 19.7 Å². The first kappa shape index (κ1) is 21.5. The Morgan fingerprint density at radius 3 is 2.52 bits per heavy atom. The molecule has 0 aliphatic carbocycles. The second-order valence-electron chi connectivity index (χ2n) is 7.30. The molecule has 1 aliphatic heterocycles. The maximum absolute atomic E-state index is 12.5. The second kappa shape index (κ2) is 9.05. The van der Waals surface area contributed by atoms with Crippen LogP contribution in [0.15, 0.2) is 47.4 Å². The SMILES string of the molecule is CC(=N)N1CCC(COc2cc(C)cc(OS(=O)(=O)c3cccc(Cl)c3)c2)CC1. The van der Waals surface area contributed by atoms with Gasteiger partial charge in [-0.3, -0.25) is 5.41 Å². The molecule has 1 aliphatic rings. The number of ether oxygens (including phenoxy) is 1. The summed E-state index contributed by atoms with van der Waals surface area (Å²) < 4.78 is 36.3. The Bertz CT molecular complexity index is 986. The van der Waals surface area contributed by atoms with E-state index in [0.717, 1.165) is 31.5 Å². The predicted octanol–water partition coefficient (Wildman–Crippen LogP) is 4.50. The molecule has 1 saturated heterocycles. The molecule has 0 bridgehead atoms. The third-order valence-corrected chi connectivity index (χ3v) is 6.37. The Kier molecular flexibility index (Phi) is 6.70. The summed E-state index contributed by atoms with van der Waals surface area (Å²) in [4.78, 5) is 2.07. The van der Waals surface area contributed by atoms with Crippen LogP contribution in [0.3, 0.4) is 0 Å². The monoisotopic (exact) mass is 436 g/mol. The molecular formula is C21H25ClN2O4S. The van der Waals surface area contributed by atoms with E-state index in [2.05, 4.69) is 4.90 Å². The van der Waals surface area contributed by atoms with Gasteiger partial charge in [-0.2, -0.15) is 8.42 Å². The number of nitrogens with one attached hydrogen (secondary N) is 1. The number of halogens is 1. The van der Waals surface area contributed by atoms with Crippen LogP contribution in [0.4, 0.5) is 0 Å². The zero-order valence-corrected chi connectivity index (χ0v) is 18.1. The third-order valence-electron chi connectivity index (χ3n) is 4.89. The van der Waals surface area contributed by atoms with E-state index in [4.69, 9.17) is 25.9 Å². The van der Waals surface area contributed by atoms with Crippen LogP contribution in [-0.2, 0) is 10.1 Å². The van der Waals surface area contributed by atoms with E-state index in [0.29, 0.717) is 29.1 Å². The summed E-state index contributed by atoms with van der Waals surface area (Å²) in [6.07, 6.45) is 1.93. The highest BCUT2D eigenvalue weighted by Gasteiger charge is 2.21. The van der Waals surface area contributed by atoms with E-state index in [1.54, 1.807) is 24.3 Å². The number of hydrogen-bond donors (Lipinski definition) is 1. The molecule has 156 valence electrons. The molecule has 2 aromatic carbocycles. The number of amidine groups is 1. The van der Waals surface area contributed by atoms with Gasteiger partial charge in [0.15, 0.2) is 0 Å². The standard InChI is InChI=1S/C21H25ClN2O4S/c1-15-10-19(27-14-17-6-8-24(9-7-17)16(2)23)13-20(11-15)28-29(25,26)21-5-3-4-18(22)12-21/h3-5,10-13,17,23H,6-9,14H2,1-2H3. The van der Waals surface area contributed by atoms with Crippen molar-refractivity contribution < 1.29 is 17.3 Å². The van der Waals surface area contributed by atoms with Crippen LogP contribution < -0.4 is 8.92 Å². The molecule has 0 spiro atoms. The van der Waals surface area contributed by atoms with Gasteiger partial charge in [0.25, 0.3) is 0 Å². The zero-order valence-electron chi connectivity index (χ0n) is 16.5. The molecule has 2 aromatic rings. The maximum Gasteiger partial charge on any atom is 0.339 e. The van der Waals surface area contributed by atoms with Crippen molar-refractivity contribution in [1.82, 2.24) is 4.90 Å². The van der Waals surface area contributed by atoms with Gasteiger partial charge in [-0.1, -0.05) is 17.7 Å². The highest BCUT2D eigenvalue weighted by Crippen LogP contribution is 2.27. The highest BCUT2D eigenvalue weighted by atomic mass is 35.5. The lowest BCUT2D eigenvalue weighted by Gasteiger charge is -2.32. The lowest BCUT2D eigenvalue weighted by Crippen LogP contribution is -2.38. The summed E-state index contributed by atoms with van der Waals surface area (Å²) >= 11 is 5.89. The van der Waals surface area contributed by atoms with Crippen LogP contribution in [0, 0.1) is 18.3 Å². The van der Waals surface area contributed by atoms with Crippen molar-refractivity contribution in [2.24, 2.45) is 5.92 Å². The van der Waals surface area contributed by atoms with E-state index in [-0.39, 0.29) is 10.6 Å². The van der Waals surface area contributed by atoms with Gasteiger partial charge in [-0.25, -0.2) is 0 Å². The largest absolute Gasteiger partial charge is 0.493 e. The average molecular weight is 437 g/mol. The van der Waals surface area contributed by atoms with Crippen LogP contribution in [-0.4, -0.2) is 38.8 Å². The first-order valence-electron chi connectivity index (χ1n) is 9.47. The van der Waals surface area contributed by atoms with E-state index in [1.807, 2.05) is 19.9 Å². The molecule has 1 fully saturated rings. The van der Waals surface area contributed by atoms with Gasteiger partial charge >= 0.3 is 10.1 Å². The van der Waals surface area contributed by atoms with Gasteiger partial charge in [-0.15, -0.1) is 0 Å². The molecule has 1 heterocycles. The molecule has 6 nitrogen and oxygen atoms in total. The third kappa shape index (κ3) is 5.87. The quantitative estimate of drug-likeness (QED) is 0.409. The number of aryl methyl sites for hydroxylation is 1. The van der Waals surface area contributed by atoms with E-state index < -0.39 is 10.1 Å². The van der Waals surface area contributed by atoms with Crippen LogP contribution in [0.25, 0.3) is 0 Å². The molecule has 0 amide bonds. The maximum atomic E-state index is 12.5. The van der Waals surface area contributed by atoms with Gasteiger partial charge in [0.05, 0.1) is 12.4 Å². The number of likely N-dealkylation sites (tertiary alicyclic amines) is 1. The van der Waals surface area contributed by atoms with Gasteiger partial charge in [0.2, 0.25) is 0 Å². The second-order valence-corrected chi connectivity index (χ2v) is 9.29. The van der Waals surface area contributed by atoms with E-state index in [9.17, 15) is 8.42 Å². The first-order chi connectivity index (χ1) is 13.7. The van der Waals surface area contributed by atoms with Crippen molar-refractivity contribution in [2.45, 2.75) is 31.6 Å². The summed E-state index contributed by atoms with van der Waals surface area (Å²) in [6, 6.07) is 11.1. The summed E-state index contributed by atoms with van der Waals surface area (Å²) in [5.74, 6) is 1.79. The van der Waals surface area contributed by atoms with Crippen LogP contribution in [0.5, 0.6) is 11.5 Å². The Labute approximate surface area is 177 Å². The van der Waals surface area contributed by atoms with Gasteiger partial charge in [-0.05, 0) is 68.5 Å². The molecule has 0 aromatic heterocycles. The Morgan fingerprint density at radius 1 is 1.17 bits per heavy atom. The van der Waals surface area contributed by atoms with Gasteiger partial charge in [0, 0.05) is 24.2 Å². The van der Waals surface area contributed by atoms with Crippen LogP contribution in [0.1, 0.15) is 25.3 Å². The van der Waals surface area contributed by atoms with Crippen LogP contribution >= 0.6 is 11.6 Å². The van der Waals surface area contributed by atoms with Crippen molar-refractivity contribution in [1.29, 1.82) is 5.41 Å². The van der Waals surface area contributed by atoms with E-state index >= 15 is 0 Å². The molecule has 0 atom stereocenters. The first-order valence-corrected chi connectivity index (χ1v) is 11.3. The van der Waals surface area contributed by atoms with Crippen molar-refractivity contribution >= 4 is 27.6 Å². The highest BCUT2D eigenvalue weighted by molar-refractivity contribution is 7.87. The summed E-state index contributed by atoms with van der Waals surface area (Å²) in [6.45, 7) is 5.95. The predicted molar refractivity (Wildman–Crippen MR) is 114 cm³/mol. The zero-order chi connectivity index (χ0) is 21.0. The Hall–Kier alpha value is -2.25. The Morgan fingerprint density at radius 2 is 1.86 bits per heavy atom. The molecule has 29 heavy (non-hydrogen) atoms. The smallest absolute Gasteiger partial charge is 0.339 e. The van der Waals surface area contributed by atoms with Gasteiger partial charge < -0.3 is 13.8 Å². The minimum Gasteiger partial charge on any atom is -0.493 e. The van der Waals surface area contributed by atoms with E-state index in [1.165, 1.54) is 12.1 Å². The fraction of sp³-hybridized carbons (Fsp3) is 0.381. The lowest BCUT2D eigenvalue weighted by molar-refractivity contribution is 0.180. The average Bonchev–Trinajstić information content (AvgIpc) is 2.66. The number of benzene rings is 2. The Balaban J connectivity index is 1.65. The molecule has 1 N–H and O–H groups in total. The lowest BCUT2D eigenvalue weighted by atomic mass is 9.98. The van der Waals surface area contributed by atoms with Crippen LogP contribution in [0.2, 0.25) is 5.02 Å². The summed E-state index contributed by atoms with van der Waals surface area (Å²) in [7, 11) is -3.98. The molecule has 8 heteroatoms. The fourth-order valence-electron chi connectivity index (χ4n) is 3.29. The molecule has 3 rings (SSSR count). The topological polar surface area (TPSA) is 79.7 Å². The minimum atomic E-state index is -3.98. The molecule has 0 radical (unpaired) electrons. The van der Waals surface area contributed by atoms with Crippen molar-refractivity contribution in [3.05, 3.63) is 53.1 Å². The fourth-order valence-corrected chi connectivity index (χ4v) is 4.51. The molecular weight excluding hydrogens is 412 g/mol. The number of nitrogens with zero attached hydrogens (tertiary/aromatic N) is 1. The number of rotatable bonds is 6. The van der Waals surface area contributed by atoms with Crippen molar-refractivity contribution in [3.63, 3.8) is 0 Å². The number of hydrogen-bond acceptors (Lipinski definition) is 5. The molecule has 0 saturated carbocycles. The van der Waals surface area contributed by atoms with Gasteiger partial charge in [0.1, 0.15) is 16.4 Å². The normalized spacial score (nSPS) is 15.2. The number of piperidine rings is 1. The van der Waals surface area contributed by atoms with Crippen molar-refractivity contribution in [3.8, 4) is 11.5 Å². The summed E-state index contributed by atoms with van der Waals surface area (Å²) in [5.41, 5.74) is 0.841. The summed E-state index contributed by atoms with van der Waals surface area (Å²) in [5, 5.41) is 8.03.